The van der Waals surface area contributed by atoms with Gasteiger partial charge in [0, 0.05) is 136 Å². The van der Waals surface area contributed by atoms with Gasteiger partial charge in [-0.15, -0.1) is 11.3 Å². The van der Waals surface area contributed by atoms with Gasteiger partial charge in [-0.1, -0.05) is 212 Å². The Bertz CT molecular complexity index is 8080. The molecule has 8 heterocycles. The maximum atomic E-state index is 6.34. The summed E-state index contributed by atoms with van der Waals surface area (Å²) in [5.74, 6) is 0. The van der Waals surface area contributed by atoms with Crippen molar-refractivity contribution >= 4 is 184 Å². The number of fused-ring (bicyclic) bond motifs is 24. The summed E-state index contributed by atoms with van der Waals surface area (Å²) in [6.45, 7) is 0. The van der Waals surface area contributed by atoms with E-state index in [1.807, 2.05) is 23.5 Å². The second kappa shape index (κ2) is 25.1. The van der Waals surface area contributed by atoms with Gasteiger partial charge in [0.2, 0.25) is 0 Å². The summed E-state index contributed by atoms with van der Waals surface area (Å²) in [6.07, 6.45) is 0. The van der Waals surface area contributed by atoms with E-state index in [0.717, 1.165) is 50.4 Å². The van der Waals surface area contributed by atoms with Crippen LogP contribution >= 0.6 is 11.3 Å². The van der Waals surface area contributed by atoms with E-state index >= 15 is 0 Å². The Hall–Kier alpha value is -15.2. The summed E-state index contributed by atoms with van der Waals surface area (Å²) < 4.78 is 23.5. The lowest BCUT2D eigenvalue weighted by atomic mass is 10.00. The average Bonchev–Trinajstić information content (AvgIpc) is 1.55. The summed E-state index contributed by atoms with van der Waals surface area (Å²) >= 11 is 1.87. The standard InChI is InChI=1S/C54H33N3O.C54H33N3S/c2*1-3-13-36(14-4-1)55-47-20-10-8-18-40(47)45-32-52-46(33-51(45)55)44-30-35(24-28-50(44)56(52)37-15-5-2-6-16-37)34-23-27-49-43(29-34)39-17-7-11-21-48(39)57(49)38-25-26-42-41-19-9-12-22-53(41)58-54(42)31-38/h2*1-33H. The van der Waals surface area contributed by atoms with Crippen molar-refractivity contribution < 1.29 is 4.42 Å². The molecular weight excluding hydrogens is 1430 g/mol. The minimum atomic E-state index is 0.894. The number of benzene rings is 18. The van der Waals surface area contributed by atoms with E-state index in [2.05, 4.69) is 416 Å². The third kappa shape index (κ3) is 9.65. The van der Waals surface area contributed by atoms with Crippen LogP contribution in [0.2, 0.25) is 0 Å². The van der Waals surface area contributed by atoms with Gasteiger partial charge in [0.25, 0.3) is 0 Å². The topological polar surface area (TPSA) is 42.7 Å². The lowest BCUT2D eigenvalue weighted by molar-refractivity contribution is 0.668. The summed E-state index contributed by atoms with van der Waals surface area (Å²) in [7, 11) is 0. The summed E-state index contributed by atoms with van der Waals surface area (Å²) in [5, 5.41) is 19.8. The number of hydrogen-bond donors (Lipinski definition) is 0. The fourth-order valence-electron chi connectivity index (χ4n) is 19.3. The van der Waals surface area contributed by atoms with Gasteiger partial charge >= 0.3 is 0 Å². The van der Waals surface area contributed by atoms with Crippen molar-refractivity contribution in [1.82, 2.24) is 27.4 Å². The van der Waals surface area contributed by atoms with Gasteiger partial charge in [-0.2, -0.15) is 0 Å². The molecule has 116 heavy (non-hydrogen) atoms. The molecule has 7 nitrogen and oxygen atoms in total. The molecule has 18 aromatic carbocycles. The van der Waals surface area contributed by atoms with Crippen molar-refractivity contribution in [2.24, 2.45) is 0 Å². The zero-order valence-electron chi connectivity index (χ0n) is 62.6. The minimum Gasteiger partial charge on any atom is -0.456 e. The van der Waals surface area contributed by atoms with Crippen LogP contribution < -0.4 is 0 Å². The molecule has 0 aliphatic carbocycles. The van der Waals surface area contributed by atoms with Crippen LogP contribution in [0.25, 0.3) is 229 Å². The molecule has 0 unspecified atom stereocenters. The number of rotatable bonds is 8. The second-order valence-electron chi connectivity index (χ2n) is 30.7. The highest BCUT2D eigenvalue weighted by Gasteiger charge is 2.25. The molecule has 0 saturated heterocycles. The largest absolute Gasteiger partial charge is 0.456 e. The quantitative estimate of drug-likeness (QED) is 0.149. The Morgan fingerprint density at radius 2 is 0.414 bits per heavy atom. The first-order valence-corrected chi connectivity index (χ1v) is 40.5. The highest BCUT2D eigenvalue weighted by molar-refractivity contribution is 7.25. The SMILES string of the molecule is c1ccc(-n2c3ccccc3c3cc4c(cc32)c2cc(-c3ccc5c(c3)c3ccccc3n5-c3ccc5c(c3)oc3ccccc35)ccc2n4-c2ccccc2)cc1.c1ccc(-n2c3ccccc3c3cc4c(cc32)c2cc(-c3ccc5c(c3)c3ccccc3n5-c3ccc5c(c3)sc3ccccc35)ccc2n4-c2ccccc2)cc1. The highest BCUT2D eigenvalue weighted by Crippen LogP contribution is 2.47. The van der Waals surface area contributed by atoms with Crippen molar-refractivity contribution in [3.8, 4) is 56.4 Å². The molecule has 0 atom stereocenters. The molecule has 0 bridgehead atoms. The predicted molar refractivity (Wildman–Crippen MR) is 490 cm³/mol. The molecule has 8 heteroatoms. The molecule has 26 rings (SSSR count). The molecule has 8 aromatic heterocycles. The lowest BCUT2D eigenvalue weighted by Crippen LogP contribution is -1.94. The lowest BCUT2D eigenvalue weighted by Gasteiger charge is -2.10. The van der Waals surface area contributed by atoms with Crippen molar-refractivity contribution in [3.63, 3.8) is 0 Å². The van der Waals surface area contributed by atoms with Gasteiger partial charge in [0.05, 0.1) is 66.2 Å². The molecule has 0 fully saturated rings. The number of nitrogens with zero attached hydrogens (tertiary/aromatic N) is 6. The molecule has 0 spiro atoms. The summed E-state index contributed by atoms with van der Waals surface area (Å²) in [4.78, 5) is 0. The van der Waals surface area contributed by atoms with Crippen LogP contribution in [0, 0.1) is 0 Å². The van der Waals surface area contributed by atoms with E-state index in [1.54, 1.807) is 0 Å². The van der Waals surface area contributed by atoms with E-state index in [9.17, 15) is 0 Å². The van der Waals surface area contributed by atoms with Crippen LogP contribution in [0.15, 0.2) is 405 Å². The predicted octanol–water partition coefficient (Wildman–Crippen LogP) is 29.6. The van der Waals surface area contributed by atoms with E-state index in [1.165, 1.54) is 179 Å². The van der Waals surface area contributed by atoms with Crippen molar-refractivity contribution in [2.75, 3.05) is 0 Å². The van der Waals surface area contributed by atoms with Crippen molar-refractivity contribution in [2.45, 2.75) is 0 Å². The van der Waals surface area contributed by atoms with Crippen LogP contribution in [0.5, 0.6) is 0 Å². The molecule has 0 amide bonds. The Morgan fingerprint density at radius 3 is 0.810 bits per heavy atom. The first-order valence-electron chi connectivity index (χ1n) is 39.7. The van der Waals surface area contributed by atoms with Gasteiger partial charge < -0.3 is 31.8 Å². The molecule has 540 valence electrons. The Labute approximate surface area is 668 Å². The minimum absolute atomic E-state index is 0.894. The van der Waals surface area contributed by atoms with Crippen LogP contribution in [0.4, 0.5) is 0 Å². The monoisotopic (exact) mass is 1490 g/mol. The maximum Gasteiger partial charge on any atom is 0.137 e. The van der Waals surface area contributed by atoms with Crippen LogP contribution in [-0.2, 0) is 0 Å². The fraction of sp³-hybridized carbons (Fsp3) is 0. The molecule has 0 radical (unpaired) electrons. The molecule has 0 N–H and O–H groups in total. The first-order chi connectivity index (χ1) is 57.5. The summed E-state index contributed by atoms with van der Waals surface area (Å²) in [6, 6.07) is 146. The Balaban J connectivity index is 0.000000130. The number of aromatic nitrogens is 6. The second-order valence-corrected chi connectivity index (χ2v) is 31.8. The Morgan fingerprint density at radius 1 is 0.147 bits per heavy atom. The van der Waals surface area contributed by atoms with E-state index in [4.69, 9.17) is 4.42 Å². The van der Waals surface area contributed by atoms with Gasteiger partial charge in [0.1, 0.15) is 11.2 Å². The van der Waals surface area contributed by atoms with Gasteiger partial charge in [0.15, 0.2) is 0 Å². The first kappa shape index (κ1) is 64.4. The molecule has 26 aromatic rings. The van der Waals surface area contributed by atoms with Crippen LogP contribution in [-0.4, -0.2) is 27.4 Å². The van der Waals surface area contributed by atoms with E-state index in [0.29, 0.717) is 0 Å². The third-order valence-electron chi connectivity index (χ3n) is 24.4. The molecule has 0 saturated carbocycles. The molecule has 0 aliphatic rings. The smallest absolute Gasteiger partial charge is 0.137 e. The van der Waals surface area contributed by atoms with Crippen molar-refractivity contribution in [3.05, 3.63) is 400 Å². The number of para-hydroxylation sites is 9. The van der Waals surface area contributed by atoms with Gasteiger partial charge in [-0.3, -0.25) is 0 Å². The van der Waals surface area contributed by atoms with Crippen molar-refractivity contribution in [1.29, 1.82) is 0 Å². The van der Waals surface area contributed by atoms with E-state index in [-0.39, 0.29) is 0 Å². The normalized spacial score (nSPS) is 12.1. The average molecular weight is 1500 g/mol. The number of hydrogen-bond acceptors (Lipinski definition) is 2. The van der Waals surface area contributed by atoms with Crippen LogP contribution in [0.3, 0.4) is 0 Å². The van der Waals surface area contributed by atoms with Crippen LogP contribution in [0.1, 0.15) is 0 Å². The fourth-order valence-corrected chi connectivity index (χ4v) is 20.4. The Kier molecular flexibility index (Phi) is 14.0. The molecule has 0 aliphatic heterocycles. The third-order valence-corrected chi connectivity index (χ3v) is 25.6. The zero-order valence-corrected chi connectivity index (χ0v) is 63.4. The number of thiophene rings is 1. The zero-order chi connectivity index (χ0) is 75.8. The number of furan rings is 1. The molecular formula is C108H66N6OS. The highest BCUT2D eigenvalue weighted by atomic mass is 32.1. The van der Waals surface area contributed by atoms with E-state index < -0.39 is 0 Å². The maximum absolute atomic E-state index is 6.34. The van der Waals surface area contributed by atoms with Gasteiger partial charge in [-0.05, 0) is 204 Å². The summed E-state index contributed by atoms with van der Waals surface area (Å²) in [5.41, 5.74) is 27.9. The van der Waals surface area contributed by atoms with Gasteiger partial charge in [-0.25, -0.2) is 0 Å².